The van der Waals surface area contributed by atoms with Crippen LogP contribution in [0.5, 0.6) is 0 Å². The zero-order valence-electron chi connectivity index (χ0n) is 19.0. The van der Waals surface area contributed by atoms with E-state index in [1.54, 1.807) is 12.1 Å². The van der Waals surface area contributed by atoms with Crippen molar-refractivity contribution < 1.29 is 14.3 Å². The van der Waals surface area contributed by atoms with Crippen molar-refractivity contribution in [2.75, 3.05) is 30.4 Å². The Kier molecular flexibility index (Phi) is 7.05. The molecule has 1 unspecified atom stereocenters. The van der Waals surface area contributed by atoms with Crippen LogP contribution in [0.15, 0.2) is 72.8 Å². The van der Waals surface area contributed by atoms with Crippen LogP contribution in [0.25, 0.3) is 0 Å². The lowest BCUT2D eigenvalue weighted by atomic mass is 10.1. The minimum absolute atomic E-state index is 0.0219. The Bertz CT molecular complexity index is 1110. The first-order valence-electron chi connectivity index (χ1n) is 11.3. The molecule has 0 bridgehead atoms. The van der Waals surface area contributed by atoms with Gasteiger partial charge in [0.1, 0.15) is 6.17 Å². The number of nitrogens with zero attached hydrogens (tertiary/aromatic N) is 1. The molecule has 3 aromatic rings. The molecule has 170 valence electrons. The van der Waals surface area contributed by atoms with Crippen molar-refractivity contribution in [2.24, 2.45) is 0 Å². The van der Waals surface area contributed by atoms with Crippen LogP contribution >= 0.6 is 0 Å². The number of hydrogen-bond acceptors (Lipinski definition) is 4. The molecule has 1 heterocycles. The smallest absolute Gasteiger partial charge is 0.256 e. The highest BCUT2D eigenvalue weighted by Crippen LogP contribution is 2.34. The third-order valence-electron chi connectivity index (χ3n) is 5.71. The Morgan fingerprint density at radius 2 is 1.67 bits per heavy atom. The SMILES string of the molecule is CCOCCCN1C(=O)c2ccccc2C1Nc1ccc(C(=O)Nc2ccc(C)cc2)cc1. The van der Waals surface area contributed by atoms with Crippen molar-refractivity contribution >= 4 is 23.2 Å². The van der Waals surface area contributed by atoms with Gasteiger partial charge in [-0.25, -0.2) is 0 Å². The number of carbonyl (C=O) groups excluding carboxylic acids is 2. The molecule has 0 saturated heterocycles. The minimum atomic E-state index is -0.262. The molecule has 0 spiro atoms. The Labute approximate surface area is 194 Å². The average Bonchev–Trinajstić information content (AvgIpc) is 3.10. The van der Waals surface area contributed by atoms with Gasteiger partial charge in [-0.05, 0) is 62.7 Å². The number of hydrogen-bond donors (Lipinski definition) is 2. The van der Waals surface area contributed by atoms with Crippen molar-refractivity contribution in [1.82, 2.24) is 4.90 Å². The van der Waals surface area contributed by atoms with Crippen molar-refractivity contribution in [3.8, 4) is 0 Å². The zero-order valence-corrected chi connectivity index (χ0v) is 19.0. The van der Waals surface area contributed by atoms with Crippen molar-refractivity contribution in [3.05, 3.63) is 95.1 Å². The lowest BCUT2D eigenvalue weighted by Gasteiger charge is -2.27. The summed E-state index contributed by atoms with van der Waals surface area (Å²) in [6.45, 7) is 5.86. The molecule has 2 N–H and O–H groups in total. The van der Waals surface area contributed by atoms with Crippen molar-refractivity contribution in [1.29, 1.82) is 0 Å². The quantitative estimate of drug-likeness (QED) is 0.444. The standard InChI is InChI=1S/C27H29N3O3/c1-3-33-18-6-17-30-25(23-7-4-5-8-24(23)27(30)32)28-21-15-11-20(12-16-21)26(31)29-22-13-9-19(2)10-14-22/h4-5,7-16,25,28H,3,6,17-18H2,1-2H3,(H,29,31). The van der Waals surface area contributed by atoms with E-state index in [0.29, 0.717) is 25.3 Å². The van der Waals surface area contributed by atoms with Crippen LogP contribution in [0.3, 0.4) is 0 Å². The zero-order chi connectivity index (χ0) is 23.2. The van der Waals surface area contributed by atoms with Crippen LogP contribution in [-0.4, -0.2) is 36.5 Å². The molecule has 4 rings (SSSR count). The number of fused-ring (bicyclic) bond motifs is 1. The van der Waals surface area contributed by atoms with E-state index in [-0.39, 0.29) is 18.0 Å². The van der Waals surface area contributed by atoms with E-state index in [9.17, 15) is 9.59 Å². The van der Waals surface area contributed by atoms with E-state index in [4.69, 9.17) is 4.74 Å². The molecule has 6 heteroatoms. The fraction of sp³-hybridized carbons (Fsp3) is 0.259. The fourth-order valence-electron chi connectivity index (χ4n) is 3.95. The number of aryl methyl sites for hydroxylation is 1. The highest BCUT2D eigenvalue weighted by atomic mass is 16.5. The second kappa shape index (κ2) is 10.3. The number of benzene rings is 3. The Morgan fingerprint density at radius 1 is 0.970 bits per heavy atom. The van der Waals surface area contributed by atoms with Gasteiger partial charge in [0.2, 0.25) is 0 Å². The molecule has 2 amide bonds. The molecular formula is C27H29N3O3. The van der Waals surface area contributed by atoms with Crippen LogP contribution in [-0.2, 0) is 4.74 Å². The van der Waals surface area contributed by atoms with Gasteiger partial charge in [-0.15, -0.1) is 0 Å². The van der Waals surface area contributed by atoms with Crippen LogP contribution < -0.4 is 10.6 Å². The maximum Gasteiger partial charge on any atom is 0.256 e. The van der Waals surface area contributed by atoms with E-state index in [2.05, 4.69) is 10.6 Å². The summed E-state index contributed by atoms with van der Waals surface area (Å²) < 4.78 is 5.45. The highest BCUT2D eigenvalue weighted by Gasteiger charge is 2.36. The van der Waals surface area contributed by atoms with Gasteiger partial charge in [0, 0.05) is 47.8 Å². The third-order valence-corrected chi connectivity index (χ3v) is 5.71. The summed E-state index contributed by atoms with van der Waals surface area (Å²) in [6.07, 6.45) is 0.506. The van der Waals surface area contributed by atoms with Crippen LogP contribution in [0.1, 0.15) is 51.4 Å². The largest absolute Gasteiger partial charge is 0.382 e. The molecule has 6 nitrogen and oxygen atoms in total. The van der Waals surface area contributed by atoms with E-state index in [0.717, 1.165) is 34.5 Å². The van der Waals surface area contributed by atoms with Gasteiger partial charge in [0.05, 0.1) is 0 Å². The molecule has 0 aliphatic carbocycles. The van der Waals surface area contributed by atoms with Crippen LogP contribution in [0.2, 0.25) is 0 Å². The third kappa shape index (κ3) is 5.23. The number of ether oxygens (including phenoxy) is 1. The van der Waals surface area contributed by atoms with E-state index >= 15 is 0 Å². The molecule has 0 aromatic heterocycles. The average molecular weight is 444 g/mol. The molecule has 1 aliphatic rings. The molecule has 0 radical (unpaired) electrons. The number of carbonyl (C=O) groups is 2. The molecule has 1 aliphatic heterocycles. The summed E-state index contributed by atoms with van der Waals surface area (Å²) in [7, 11) is 0. The highest BCUT2D eigenvalue weighted by molar-refractivity contribution is 6.04. The first-order valence-corrected chi connectivity index (χ1v) is 11.3. The lowest BCUT2D eigenvalue weighted by molar-refractivity contribution is 0.0709. The van der Waals surface area contributed by atoms with Crippen LogP contribution in [0.4, 0.5) is 11.4 Å². The maximum absolute atomic E-state index is 13.0. The predicted molar refractivity (Wildman–Crippen MR) is 131 cm³/mol. The Hall–Kier alpha value is -3.64. The number of amides is 2. The Morgan fingerprint density at radius 3 is 2.39 bits per heavy atom. The number of nitrogens with one attached hydrogen (secondary N) is 2. The first kappa shape index (κ1) is 22.6. The molecule has 0 fully saturated rings. The second-order valence-corrected chi connectivity index (χ2v) is 8.08. The summed E-state index contributed by atoms with van der Waals surface area (Å²) >= 11 is 0. The van der Waals surface area contributed by atoms with Gasteiger partial charge in [0.25, 0.3) is 11.8 Å². The summed E-state index contributed by atoms with van der Waals surface area (Å²) in [4.78, 5) is 27.4. The van der Waals surface area contributed by atoms with Gasteiger partial charge in [-0.3, -0.25) is 9.59 Å². The van der Waals surface area contributed by atoms with Crippen molar-refractivity contribution in [3.63, 3.8) is 0 Å². The number of rotatable bonds is 9. The first-order chi connectivity index (χ1) is 16.1. The summed E-state index contributed by atoms with van der Waals surface area (Å²) in [5.41, 5.74) is 4.99. The van der Waals surface area contributed by atoms with Crippen LogP contribution in [0, 0.1) is 6.92 Å². The topological polar surface area (TPSA) is 70.7 Å². The fourth-order valence-corrected chi connectivity index (χ4v) is 3.95. The van der Waals surface area contributed by atoms with Crippen molar-refractivity contribution in [2.45, 2.75) is 26.4 Å². The predicted octanol–water partition coefficient (Wildman–Crippen LogP) is 5.24. The summed E-state index contributed by atoms with van der Waals surface area (Å²) in [5, 5.41) is 6.39. The normalized spacial score (nSPS) is 14.8. The van der Waals surface area contributed by atoms with E-state index < -0.39 is 0 Å². The maximum atomic E-state index is 13.0. The minimum Gasteiger partial charge on any atom is -0.382 e. The summed E-state index contributed by atoms with van der Waals surface area (Å²) in [6, 6.07) is 22.7. The second-order valence-electron chi connectivity index (χ2n) is 8.08. The lowest BCUT2D eigenvalue weighted by Crippen LogP contribution is -2.33. The van der Waals surface area contributed by atoms with Gasteiger partial charge >= 0.3 is 0 Å². The number of anilines is 2. The van der Waals surface area contributed by atoms with Gasteiger partial charge in [-0.1, -0.05) is 35.9 Å². The van der Waals surface area contributed by atoms with Gasteiger partial charge in [0.15, 0.2) is 0 Å². The molecular weight excluding hydrogens is 414 g/mol. The monoisotopic (exact) mass is 443 g/mol. The molecule has 0 saturated carbocycles. The molecule has 33 heavy (non-hydrogen) atoms. The molecule has 1 atom stereocenters. The van der Waals surface area contributed by atoms with E-state index in [1.807, 2.05) is 79.4 Å². The van der Waals surface area contributed by atoms with Gasteiger partial charge in [-0.2, -0.15) is 0 Å². The van der Waals surface area contributed by atoms with Gasteiger partial charge < -0.3 is 20.3 Å². The Balaban J connectivity index is 1.46. The molecule has 3 aromatic carbocycles. The summed E-state index contributed by atoms with van der Waals surface area (Å²) in [5.74, 6) is -0.141. The van der Waals surface area contributed by atoms with E-state index in [1.165, 1.54) is 0 Å².